The lowest BCUT2D eigenvalue weighted by Gasteiger charge is -2.16. The number of nitrogens with one attached hydrogen (secondary N) is 1. The quantitative estimate of drug-likeness (QED) is 0.713. The molecule has 2 aromatic heterocycles. The van der Waals surface area contributed by atoms with Gasteiger partial charge in [0.15, 0.2) is 0 Å². The molecular weight excluding hydrogens is 379 g/mol. The van der Waals surface area contributed by atoms with Gasteiger partial charge in [0.05, 0.1) is 16.8 Å². The number of fused-ring (bicyclic) bond motifs is 1. The molecule has 142 valence electrons. The van der Waals surface area contributed by atoms with Gasteiger partial charge in [-0.1, -0.05) is 11.6 Å². The van der Waals surface area contributed by atoms with Crippen molar-refractivity contribution < 1.29 is 18.0 Å². The van der Waals surface area contributed by atoms with Gasteiger partial charge in [-0.15, -0.1) is 0 Å². The number of rotatable bonds is 4. The van der Waals surface area contributed by atoms with Crippen LogP contribution in [-0.2, 0) is 23.9 Å². The average Bonchev–Trinajstić information content (AvgIpc) is 3.00. The molecule has 0 aliphatic carbocycles. The first-order chi connectivity index (χ1) is 12.7. The number of alkyl halides is 3. The van der Waals surface area contributed by atoms with Crippen molar-refractivity contribution in [2.45, 2.75) is 26.1 Å². The lowest BCUT2D eigenvalue weighted by Crippen LogP contribution is -2.23. The Bertz CT molecular complexity index is 1010. The molecule has 0 saturated carbocycles. The van der Waals surface area contributed by atoms with Crippen LogP contribution in [0.5, 0.6) is 0 Å². The van der Waals surface area contributed by atoms with Crippen LogP contribution >= 0.6 is 11.6 Å². The summed E-state index contributed by atoms with van der Waals surface area (Å²) in [4.78, 5) is 15.9. The zero-order valence-corrected chi connectivity index (χ0v) is 15.4. The van der Waals surface area contributed by atoms with Gasteiger partial charge in [0.25, 0.3) is 0 Å². The number of likely N-dealkylation sites (N-methyl/N-ethyl adjacent to an activating group) is 1. The Balaban J connectivity index is 2.07. The molecule has 3 aromatic rings. The molecule has 0 spiro atoms. The summed E-state index contributed by atoms with van der Waals surface area (Å²) in [6, 6.07) is 5.96. The maximum atomic E-state index is 13.5. The summed E-state index contributed by atoms with van der Waals surface area (Å²) in [5.74, 6) is -0.168. The lowest BCUT2D eigenvalue weighted by molar-refractivity contribution is -0.138. The molecule has 0 bridgehead atoms. The molecule has 0 unspecified atom stereocenters. The number of pyridine rings is 1. The maximum absolute atomic E-state index is 13.5. The first kappa shape index (κ1) is 19.2. The van der Waals surface area contributed by atoms with Crippen molar-refractivity contribution in [1.82, 2.24) is 14.9 Å². The van der Waals surface area contributed by atoms with Crippen LogP contribution in [0.3, 0.4) is 0 Å². The molecule has 0 fully saturated rings. The van der Waals surface area contributed by atoms with Gasteiger partial charge < -0.3 is 9.88 Å². The highest BCUT2D eigenvalue weighted by Gasteiger charge is 2.34. The minimum Gasteiger partial charge on any atom is -0.358 e. The molecule has 2 heterocycles. The fourth-order valence-corrected chi connectivity index (χ4v) is 3.40. The fraction of sp³-hybridized carbons (Fsp3) is 0.263. The molecule has 8 heteroatoms. The number of carbonyl (C=O) groups is 1. The molecule has 0 saturated heterocycles. The predicted molar refractivity (Wildman–Crippen MR) is 97.8 cm³/mol. The molecule has 0 aliphatic heterocycles. The van der Waals surface area contributed by atoms with Crippen LogP contribution in [0.2, 0.25) is 5.02 Å². The summed E-state index contributed by atoms with van der Waals surface area (Å²) >= 11 is 5.83. The second-order valence-electron chi connectivity index (χ2n) is 6.23. The Labute approximate surface area is 159 Å². The van der Waals surface area contributed by atoms with Crippen LogP contribution < -0.4 is 5.32 Å². The highest BCUT2D eigenvalue weighted by atomic mass is 35.5. The number of carbonyl (C=O) groups excluding carboxylic acids is 1. The fourth-order valence-electron chi connectivity index (χ4n) is 3.12. The van der Waals surface area contributed by atoms with Crippen LogP contribution in [0.1, 0.15) is 22.4 Å². The Hall–Kier alpha value is -2.54. The smallest absolute Gasteiger partial charge is 0.358 e. The van der Waals surface area contributed by atoms with Crippen molar-refractivity contribution >= 4 is 28.4 Å². The van der Waals surface area contributed by atoms with Gasteiger partial charge in [-0.2, -0.15) is 13.2 Å². The van der Waals surface area contributed by atoms with Gasteiger partial charge in [0, 0.05) is 36.3 Å². The van der Waals surface area contributed by atoms with Crippen molar-refractivity contribution in [1.29, 1.82) is 0 Å². The number of aryl methyl sites for hydroxylation is 1. The highest BCUT2D eigenvalue weighted by molar-refractivity contribution is 6.30. The number of benzene rings is 1. The molecule has 1 aromatic carbocycles. The number of hydrogen-bond donors (Lipinski definition) is 1. The Kier molecular flexibility index (Phi) is 5.15. The first-order valence-corrected chi connectivity index (χ1v) is 8.58. The molecule has 27 heavy (non-hydrogen) atoms. The highest BCUT2D eigenvalue weighted by Crippen LogP contribution is 2.37. The topological polar surface area (TPSA) is 46.9 Å². The van der Waals surface area contributed by atoms with Crippen LogP contribution in [-0.4, -0.2) is 22.5 Å². The van der Waals surface area contributed by atoms with E-state index < -0.39 is 11.7 Å². The van der Waals surface area contributed by atoms with Crippen molar-refractivity contribution in [2.75, 3.05) is 7.05 Å². The monoisotopic (exact) mass is 395 g/mol. The number of hydrogen-bond acceptors (Lipinski definition) is 2. The van der Waals surface area contributed by atoms with Gasteiger partial charge in [0.2, 0.25) is 5.91 Å². The minimum absolute atomic E-state index is 0.0131. The summed E-state index contributed by atoms with van der Waals surface area (Å²) in [6.07, 6.45) is -1.23. The van der Waals surface area contributed by atoms with Crippen molar-refractivity contribution in [3.63, 3.8) is 0 Å². The summed E-state index contributed by atoms with van der Waals surface area (Å²) in [7, 11) is 1.54. The third-order valence-electron chi connectivity index (χ3n) is 4.46. The van der Waals surface area contributed by atoms with E-state index in [0.717, 1.165) is 11.6 Å². The van der Waals surface area contributed by atoms with E-state index >= 15 is 0 Å². The first-order valence-electron chi connectivity index (χ1n) is 8.20. The third kappa shape index (κ3) is 3.93. The second-order valence-corrected chi connectivity index (χ2v) is 6.67. The van der Waals surface area contributed by atoms with Gasteiger partial charge in [-0.25, -0.2) is 0 Å². The van der Waals surface area contributed by atoms with Crippen molar-refractivity contribution in [3.8, 4) is 0 Å². The minimum atomic E-state index is -4.51. The standard InChI is InChI=1S/C19H17ClF3N3O/c1-11-7-12(20)8-15(19(21,22)23)14(11)9-16-13-4-6-26(10-18(27)24-2)17(13)3-5-25-16/h3-8H,9-10H2,1-2H3,(H,24,27). The third-order valence-corrected chi connectivity index (χ3v) is 4.68. The van der Waals surface area contributed by atoms with E-state index in [4.69, 9.17) is 11.6 Å². The molecule has 1 amide bonds. The van der Waals surface area contributed by atoms with E-state index in [1.165, 1.54) is 12.3 Å². The number of halogens is 4. The average molecular weight is 396 g/mol. The molecule has 0 radical (unpaired) electrons. The van der Waals surface area contributed by atoms with Crippen LogP contribution in [0.25, 0.3) is 10.9 Å². The largest absolute Gasteiger partial charge is 0.416 e. The number of aromatic nitrogens is 2. The number of amides is 1. The number of nitrogens with zero attached hydrogens (tertiary/aromatic N) is 2. The van der Waals surface area contributed by atoms with E-state index in [0.29, 0.717) is 16.6 Å². The molecule has 3 rings (SSSR count). The molecule has 4 nitrogen and oxygen atoms in total. The van der Waals surface area contributed by atoms with Crippen LogP contribution in [0, 0.1) is 6.92 Å². The molecule has 0 aliphatic rings. The van der Waals surface area contributed by atoms with E-state index in [2.05, 4.69) is 10.3 Å². The molecular formula is C19H17ClF3N3O. The predicted octanol–water partition coefficient (Wildman–Crippen LogP) is 4.35. The summed E-state index contributed by atoms with van der Waals surface area (Å²) in [6.45, 7) is 1.73. The summed E-state index contributed by atoms with van der Waals surface area (Å²) in [5.41, 5.74) is 1.10. The van der Waals surface area contributed by atoms with Crippen molar-refractivity contribution in [2.24, 2.45) is 0 Å². The Morgan fingerprint density at radius 1 is 1.30 bits per heavy atom. The normalized spacial score (nSPS) is 11.8. The van der Waals surface area contributed by atoms with E-state index in [1.807, 2.05) is 0 Å². The van der Waals surface area contributed by atoms with Gasteiger partial charge in [0.1, 0.15) is 6.54 Å². The van der Waals surface area contributed by atoms with E-state index in [-0.39, 0.29) is 29.5 Å². The molecule has 0 atom stereocenters. The Morgan fingerprint density at radius 2 is 2.04 bits per heavy atom. The maximum Gasteiger partial charge on any atom is 0.416 e. The van der Waals surface area contributed by atoms with Gasteiger partial charge in [-0.3, -0.25) is 9.78 Å². The Morgan fingerprint density at radius 3 is 2.70 bits per heavy atom. The zero-order chi connectivity index (χ0) is 19.8. The summed E-state index contributed by atoms with van der Waals surface area (Å²) in [5, 5.41) is 3.31. The SMILES string of the molecule is CNC(=O)Cn1ccc2c(Cc3c(C)cc(Cl)cc3C(F)(F)F)nccc21. The van der Waals surface area contributed by atoms with Gasteiger partial charge in [-0.05, 0) is 42.3 Å². The van der Waals surface area contributed by atoms with Crippen molar-refractivity contribution in [3.05, 3.63) is 64.1 Å². The van der Waals surface area contributed by atoms with Crippen LogP contribution in [0.4, 0.5) is 13.2 Å². The van der Waals surface area contributed by atoms with Gasteiger partial charge >= 0.3 is 6.18 Å². The zero-order valence-electron chi connectivity index (χ0n) is 14.7. The van der Waals surface area contributed by atoms with Crippen LogP contribution in [0.15, 0.2) is 36.7 Å². The van der Waals surface area contributed by atoms with E-state index in [1.54, 1.807) is 36.9 Å². The summed E-state index contributed by atoms with van der Waals surface area (Å²) < 4.78 is 42.2. The second kappa shape index (κ2) is 7.23. The van der Waals surface area contributed by atoms with E-state index in [9.17, 15) is 18.0 Å². The molecule has 1 N–H and O–H groups in total. The lowest BCUT2D eigenvalue weighted by atomic mass is 9.96.